The number of carbonyl (C=O) groups is 2. The monoisotopic (exact) mass is 267 g/mol. The van der Waals surface area contributed by atoms with E-state index in [9.17, 15) is 9.59 Å². The summed E-state index contributed by atoms with van der Waals surface area (Å²) in [4.78, 5) is 25.6. The summed E-state index contributed by atoms with van der Waals surface area (Å²) in [5.41, 5.74) is 0. The Labute approximate surface area is 115 Å². The van der Waals surface area contributed by atoms with Crippen molar-refractivity contribution in [1.29, 1.82) is 0 Å². The third-order valence-electron chi connectivity index (χ3n) is 4.04. The van der Waals surface area contributed by atoms with Crippen molar-refractivity contribution in [2.75, 3.05) is 26.2 Å². The van der Waals surface area contributed by atoms with Crippen LogP contribution in [0.2, 0.25) is 0 Å². The first-order chi connectivity index (χ1) is 9.27. The van der Waals surface area contributed by atoms with Crippen LogP contribution in [0.25, 0.3) is 0 Å². The second-order valence-electron chi connectivity index (χ2n) is 5.56. The van der Waals surface area contributed by atoms with Gasteiger partial charge in [0.1, 0.15) is 0 Å². The first kappa shape index (κ1) is 14.3. The quantitative estimate of drug-likeness (QED) is 0.686. The van der Waals surface area contributed by atoms with Crippen LogP contribution in [0.1, 0.15) is 44.9 Å². The smallest absolute Gasteiger partial charge is 0.311 e. The summed E-state index contributed by atoms with van der Waals surface area (Å²) in [5, 5.41) is 6.11. The van der Waals surface area contributed by atoms with Crippen molar-refractivity contribution in [2.24, 2.45) is 0 Å². The summed E-state index contributed by atoms with van der Waals surface area (Å²) in [6.45, 7) is 2.83. The molecule has 2 amide bonds. The van der Waals surface area contributed by atoms with Crippen LogP contribution in [-0.4, -0.2) is 48.9 Å². The van der Waals surface area contributed by atoms with Gasteiger partial charge < -0.3 is 15.5 Å². The van der Waals surface area contributed by atoms with E-state index in [-0.39, 0.29) is 11.9 Å². The molecule has 1 saturated carbocycles. The summed E-state index contributed by atoms with van der Waals surface area (Å²) in [6, 6.07) is 0.194. The lowest BCUT2D eigenvalue weighted by Gasteiger charge is -2.28. The fourth-order valence-corrected chi connectivity index (χ4v) is 2.86. The molecule has 1 aliphatic carbocycles. The highest BCUT2D eigenvalue weighted by Crippen LogP contribution is 2.17. The zero-order chi connectivity index (χ0) is 13.5. The maximum atomic E-state index is 12.0. The van der Waals surface area contributed by atoms with E-state index in [1.807, 2.05) is 0 Å². The normalized spacial score (nSPS) is 22.4. The summed E-state index contributed by atoms with van der Waals surface area (Å²) >= 11 is 0. The number of amides is 2. The third kappa shape index (κ3) is 4.49. The number of piperazine rings is 1. The van der Waals surface area contributed by atoms with E-state index < -0.39 is 5.91 Å². The van der Waals surface area contributed by atoms with E-state index in [0.717, 1.165) is 38.8 Å². The molecule has 19 heavy (non-hydrogen) atoms. The predicted molar refractivity (Wildman–Crippen MR) is 73.7 cm³/mol. The second-order valence-corrected chi connectivity index (χ2v) is 5.56. The van der Waals surface area contributed by atoms with Gasteiger partial charge in [-0.05, 0) is 12.8 Å². The Morgan fingerprint density at radius 3 is 2.16 bits per heavy atom. The molecule has 2 aliphatic rings. The Hall–Kier alpha value is -1.10. The van der Waals surface area contributed by atoms with Crippen molar-refractivity contribution in [2.45, 2.75) is 51.0 Å². The molecule has 2 rings (SSSR count). The topological polar surface area (TPSA) is 61.4 Å². The van der Waals surface area contributed by atoms with Crippen LogP contribution < -0.4 is 10.6 Å². The summed E-state index contributed by atoms with van der Waals surface area (Å²) in [6.07, 6.45) is 8.15. The molecule has 0 aromatic heterocycles. The van der Waals surface area contributed by atoms with Crippen LogP contribution >= 0.6 is 0 Å². The summed E-state index contributed by atoms with van der Waals surface area (Å²) < 4.78 is 0. The highest BCUT2D eigenvalue weighted by molar-refractivity contribution is 6.35. The number of carbonyl (C=O) groups excluding carboxylic acids is 2. The number of nitrogens with zero attached hydrogens (tertiary/aromatic N) is 1. The van der Waals surface area contributed by atoms with Gasteiger partial charge in [0.05, 0.1) is 0 Å². The third-order valence-corrected chi connectivity index (χ3v) is 4.04. The largest absolute Gasteiger partial charge is 0.345 e. The van der Waals surface area contributed by atoms with E-state index in [1.165, 1.54) is 19.3 Å². The van der Waals surface area contributed by atoms with Gasteiger partial charge >= 0.3 is 11.8 Å². The molecule has 0 spiro atoms. The van der Waals surface area contributed by atoms with Crippen LogP contribution in [0.5, 0.6) is 0 Å². The number of hydrogen-bond acceptors (Lipinski definition) is 3. The number of rotatable bonds is 1. The minimum Gasteiger partial charge on any atom is -0.345 e. The van der Waals surface area contributed by atoms with Crippen LogP contribution in [0, 0.1) is 0 Å². The van der Waals surface area contributed by atoms with Crippen LogP contribution in [0.4, 0.5) is 0 Å². The molecule has 0 unspecified atom stereocenters. The van der Waals surface area contributed by atoms with Crippen LogP contribution in [0.3, 0.4) is 0 Å². The fourth-order valence-electron chi connectivity index (χ4n) is 2.86. The number of hydrogen-bond donors (Lipinski definition) is 2. The van der Waals surface area contributed by atoms with Gasteiger partial charge in [0, 0.05) is 32.2 Å². The Kier molecular flexibility index (Phi) is 5.63. The van der Waals surface area contributed by atoms with Crippen molar-refractivity contribution < 1.29 is 9.59 Å². The van der Waals surface area contributed by atoms with E-state index in [1.54, 1.807) is 4.90 Å². The minimum atomic E-state index is -0.410. The van der Waals surface area contributed by atoms with Gasteiger partial charge in [-0.25, -0.2) is 0 Å². The Morgan fingerprint density at radius 2 is 1.53 bits per heavy atom. The average Bonchev–Trinajstić information content (AvgIpc) is 2.41. The van der Waals surface area contributed by atoms with Crippen molar-refractivity contribution in [3.63, 3.8) is 0 Å². The molecular weight excluding hydrogens is 242 g/mol. The SMILES string of the molecule is O=C(NC1CCCCCCC1)C(=O)N1CCNCC1. The van der Waals surface area contributed by atoms with E-state index >= 15 is 0 Å². The maximum Gasteiger partial charge on any atom is 0.311 e. The lowest BCUT2D eigenvalue weighted by molar-refractivity contribution is -0.146. The highest BCUT2D eigenvalue weighted by Gasteiger charge is 2.25. The van der Waals surface area contributed by atoms with Crippen LogP contribution in [0.15, 0.2) is 0 Å². The molecule has 0 radical (unpaired) electrons. The van der Waals surface area contributed by atoms with Crippen molar-refractivity contribution in [3.8, 4) is 0 Å². The molecule has 0 atom stereocenters. The molecule has 5 heteroatoms. The van der Waals surface area contributed by atoms with Gasteiger partial charge in [0.25, 0.3) is 0 Å². The van der Waals surface area contributed by atoms with Crippen molar-refractivity contribution in [1.82, 2.24) is 15.5 Å². The molecule has 1 saturated heterocycles. The van der Waals surface area contributed by atoms with Crippen molar-refractivity contribution in [3.05, 3.63) is 0 Å². The van der Waals surface area contributed by atoms with Gasteiger partial charge in [0.2, 0.25) is 0 Å². The zero-order valence-corrected chi connectivity index (χ0v) is 11.6. The Bertz CT molecular complexity index is 306. The van der Waals surface area contributed by atoms with E-state index in [0.29, 0.717) is 13.1 Å². The van der Waals surface area contributed by atoms with Gasteiger partial charge in [-0.15, -0.1) is 0 Å². The zero-order valence-electron chi connectivity index (χ0n) is 11.6. The number of nitrogens with one attached hydrogen (secondary N) is 2. The molecule has 0 bridgehead atoms. The highest BCUT2D eigenvalue weighted by atomic mass is 16.2. The first-order valence-electron chi connectivity index (χ1n) is 7.58. The minimum absolute atomic E-state index is 0.194. The maximum absolute atomic E-state index is 12.0. The van der Waals surface area contributed by atoms with E-state index in [2.05, 4.69) is 10.6 Å². The fraction of sp³-hybridized carbons (Fsp3) is 0.857. The summed E-state index contributed by atoms with van der Waals surface area (Å²) in [7, 11) is 0. The molecule has 0 aromatic carbocycles. The average molecular weight is 267 g/mol. The molecule has 2 N–H and O–H groups in total. The second kappa shape index (κ2) is 7.48. The lowest BCUT2D eigenvalue weighted by atomic mass is 9.97. The van der Waals surface area contributed by atoms with Gasteiger partial charge in [0.15, 0.2) is 0 Å². The molecule has 2 fully saturated rings. The first-order valence-corrected chi connectivity index (χ1v) is 7.58. The van der Waals surface area contributed by atoms with E-state index in [4.69, 9.17) is 0 Å². The lowest BCUT2D eigenvalue weighted by Crippen LogP contribution is -2.52. The van der Waals surface area contributed by atoms with Crippen molar-refractivity contribution >= 4 is 11.8 Å². The molecule has 108 valence electrons. The molecule has 1 aliphatic heterocycles. The molecule has 5 nitrogen and oxygen atoms in total. The standard InChI is InChI=1S/C14H25N3O2/c18-13(14(19)17-10-8-15-9-11-17)16-12-6-4-2-1-3-5-7-12/h12,15H,1-11H2,(H,16,18). The molecule has 1 heterocycles. The van der Waals surface area contributed by atoms with Gasteiger partial charge in [-0.2, -0.15) is 0 Å². The Balaban J connectivity index is 1.79. The molecular formula is C14H25N3O2. The predicted octanol–water partition coefficient (Wildman–Crippen LogP) is 0.647. The Morgan fingerprint density at radius 1 is 0.947 bits per heavy atom. The van der Waals surface area contributed by atoms with Gasteiger partial charge in [-0.3, -0.25) is 9.59 Å². The van der Waals surface area contributed by atoms with Crippen LogP contribution in [-0.2, 0) is 9.59 Å². The molecule has 0 aromatic rings. The van der Waals surface area contributed by atoms with Gasteiger partial charge in [-0.1, -0.05) is 32.1 Å². The summed E-state index contributed by atoms with van der Waals surface area (Å²) in [5.74, 6) is -0.768.